The molecule has 5 amide bonds. The smallest absolute Gasteiger partial charge is 0.311 e. The maximum atomic E-state index is 14.0. The molecule has 434 valence electrons. The van der Waals surface area contributed by atoms with Gasteiger partial charge in [0.1, 0.15) is 6.04 Å². The van der Waals surface area contributed by atoms with Gasteiger partial charge < -0.3 is 45.7 Å². The molecule has 1 saturated heterocycles. The molecule has 1 aromatic carbocycles. The molecule has 74 heavy (non-hydrogen) atoms. The lowest BCUT2D eigenvalue weighted by Crippen LogP contribution is -2.57. The molecule has 1 fully saturated rings. The first-order valence-corrected chi connectivity index (χ1v) is 26.4. The topological polar surface area (TPSA) is 202 Å². The maximum Gasteiger partial charge on any atom is 0.311 e. The minimum atomic E-state index is -2.50. The number of benzene rings is 1. The molecule has 1 aromatic rings. The Morgan fingerprint density at radius 2 is 1.42 bits per heavy atom. The number of hydrogen-bond acceptors (Lipinski definition) is 11. The number of esters is 1. The van der Waals surface area contributed by atoms with E-state index in [0.29, 0.717) is 32.4 Å². The molecule has 18 heteroatoms. The van der Waals surface area contributed by atoms with Crippen molar-refractivity contribution in [3.8, 4) is 0 Å². The third-order valence-corrected chi connectivity index (χ3v) is 12.0. The van der Waals surface area contributed by atoms with Crippen molar-refractivity contribution >= 4 is 35.5 Å². The predicted molar refractivity (Wildman–Crippen MR) is 297 cm³/mol. The molecule has 1 aliphatic heterocycles. The molecule has 0 aromatic heterocycles. The van der Waals surface area contributed by atoms with Crippen LogP contribution in [0.2, 0.25) is 0 Å². The first kappa shape index (κ1) is 76.3. The lowest BCUT2D eigenvalue weighted by Gasteiger charge is -2.40. The van der Waals surface area contributed by atoms with Crippen molar-refractivity contribution in [2.45, 2.75) is 199 Å². The summed E-state index contributed by atoms with van der Waals surface area (Å²) in [5.41, 5.74) is 6.21. The number of nitrogens with one attached hydrogen (secondary N) is 3. The van der Waals surface area contributed by atoms with Gasteiger partial charge in [-0.15, -0.1) is 0 Å². The van der Waals surface area contributed by atoms with E-state index in [1.54, 1.807) is 44.5 Å². The number of methoxy groups -OCH3 is 2. The summed E-state index contributed by atoms with van der Waals surface area (Å²) in [6, 6.07) is 8.21. The summed E-state index contributed by atoms with van der Waals surface area (Å²) in [4.78, 5) is 84.0. The molecule has 5 N–H and O–H groups in total. The normalized spacial score (nSPS) is 15.9. The number of likely N-dealkylation sites (N-methyl/N-ethyl adjacent to an activating group) is 2. The summed E-state index contributed by atoms with van der Waals surface area (Å²) in [5.74, 6) is -4.98. The molecule has 0 bridgehead atoms. The molecule has 0 aliphatic carbocycles. The molecule has 8 atom stereocenters. The number of carbonyl (C=O) groups is 6. The van der Waals surface area contributed by atoms with Gasteiger partial charge in [0.05, 0.1) is 61.2 Å². The zero-order valence-corrected chi connectivity index (χ0v) is 48.9. The summed E-state index contributed by atoms with van der Waals surface area (Å²) in [6.07, 6.45) is 2.96. The molecular weight excluding hydrogens is 953 g/mol. The van der Waals surface area contributed by atoms with Crippen LogP contribution in [0, 0.1) is 30.1 Å². The van der Waals surface area contributed by atoms with Gasteiger partial charge in [-0.2, -0.15) is 0 Å². The van der Waals surface area contributed by atoms with Gasteiger partial charge in [0.2, 0.25) is 35.5 Å². The van der Waals surface area contributed by atoms with E-state index in [1.165, 1.54) is 26.2 Å². The summed E-state index contributed by atoms with van der Waals surface area (Å²) >= 11 is 0. The molecule has 0 spiro atoms. The van der Waals surface area contributed by atoms with Crippen molar-refractivity contribution in [2.75, 3.05) is 68.1 Å². The van der Waals surface area contributed by atoms with Gasteiger partial charge in [0, 0.05) is 34.4 Å². The molecule has 1 aliphatic rings. The number of hydrogen-bond donors (Lipinski definition) is 4. The van der Waals surface area contributed by atoms with E-state index >= 15 is 0 Å². The Labute approximate surface area is 448 Å². The van der Waals surface area contributed by atoms with E-state index in [9.17, 15) is 37.5 Å². The van der Waals surface area contributed by atoms with Crippen LogP contribution < -0.4 is 21.7 Å². The van der Waals surface area contributed by atoms with E-state index in [0.717, 1.165) is 26.7 Å². The lowest BCUT2D eigenvalue weighted by atomic mass is 9.90. The standard InChI is InChI=1S/C40H75N7O9.C7H8.C3H6F2.C3H8.C2H6.CH4/c1-14-26(4)34(46(11)38(52)28(6)44-37(51)33(25(2)3)45(9)10)30(54-12)23-32(49)47-21-15-17-29(47)35(55-13)27(5)36(50)43-24-31(48)42-20-16-22-56-39(53)40(7,8)18-19-41;1-7-5-3-2-4-6-7;1-3(2,4)5;1-3-2;1-2;/h25-30,33-35H,14-24,41H2,1-13H3,(H,42,48)(H,43,50)(H,44,51);2-6H,1H3;1-2H3;3H2,1-2H3;1-2H3;1H4. The quantitative estimate of drug-likeness (QED) is 0.0543. The highest BCUT2D eigenvalue weighted by atomic mass is 19.3. The summed E-state index contributed by atoms with van der Waals surface area (Å²) in [6.45, 7) is 27.9. The van der Waals surface area contributed by atoms with Crippen molar-refractivity contribution in [1.82, 2.24) is 30.7 Å². The highest BCUT2D eigenvalue weighted by Crippen LogP contribution is 2.29. The van der Waals surface area contributed by atoms with Crippen LogP contribution in [0.3, 0.4) is 0 Å². The van der Waals surface area contributed by atoms with Gasteiger partial charge in [-0.3, -0.25) is 33.7 Å². The number of carbonyl (C=O) groups excluding carboxylic acids is 6. The molecule has 8 unspecified atom stereocenters. The number of amides is 5. The molecule has 1 heterocycles. The minimum absolute atomic E-state index is 0. The van der Waals surface area contributed by atoms with Gasteiger partial charge >= 0.3 is 5.97 Å². The van der Waals surface area contributed by atoms with Crippen molar-refractivity contribution in [1.29, 1.82) is 0 Å². The minimum Gasteiger partial charge on any atom is -0.465 e. The van der Waals surface area contributed by atoms with Crippen LogP contribution in [0.5, 0.6) is 0 Å². The lowest BCUT2D eigenvalue weighted by molar-refractivity contribution is -0.154. The van der Waals surface area contributed by atoms with Gasteiger partial charge in [-0.05, 0) is 99.7 Å². The Morgan fingerprint density at radius 1 is 0.878 bits per heavy atom. The third-order valence-electron chi connectivity index (χ3n) is 12.0. The number of halogens is 2. The molecule has 16 nitrogen and oxygen atoms in total. The predicted octanol–water partition coefficient (Wildman–Crippen LogP) is 8.27. The summed E-state index contributed by atoms with van der Waals surface area (Å²) in [5, 5.41) is 8.28. The second-order valence-electron chi connectivity index (χ2n) is 20.1. The van der Waals surface area contributed by atoms with Gasteiger partial charge in [-0.1, -0.05) is 118 Å². The number of ether oxygens (including phenoxy) is 3. The first-order valence-electron chi connectivity index (χ1n) is 26.4. The van der Waals surface area contributed by atoms with Gasteiger partial charge in [0.25, 0.3) is 0 Å². The van der Waals surface area contributed by atoms with Gasteiger partial charge in [0.15, 0.2) is 0 Å². The monoisotopic (exact) mass is 1060 g/mol. The number of nitrogens with two attached hydrogens (primary N) is 1. The Morgan fingerprint density at radius 3 is 1.85 bits per heavy atom. The van der Waals surface area contributed by atoms with Crippen molar-refractivity contribution in [2.24, 2.45) is 28.9 Å². The Bertz CT molecular complexity index is 1670. The van der Waals surface area contributed by atoms with Gasteiger partial charge in [-0.25, -0.2) is 8.78 Å². The van der Waals surface area contributed by atoms with Crippen LogP contribution in [-0.2, 0) is 43.0 Å². The van der Waals surface area contributed by atoms with Crippen molar-refractivity contribution < 1.29 is 51.8 Å². The summed E-state index contributed by atoms with van der Waals surface area (Å²) in [7, 11) is 8.39. The fraction of sp³-hybridized carbons (Fsp3) is 0.786. The fourth-order valence-corrected chi connectivity index (χ4v) is 8.15. The number of aryl methyl sites for hydroxylation is 1. The first-order chi connectivity index (χ1) is 34.0. The molecule has 0 saturated carbocycles. The largest absolute Gasteiger partial charge is 0.465 e. The molecular formula is C56H107F2N7O9. The molecule has 2 rings (SSSR count). The maximum absolute atomic E-state index is 14.0. The Hall–Kier alpha value is -4.26. The average Bonchev–Trinajstić information content (AvgIpc) is 3.80. The second kappa shape index (κ2) is 41.0. The number of nitrogens with zero attached hydrogens (tertiary/aromatic N) is 3. The molecule has 0 radical (unpaired) electrons. The highest BCUT2D eigenvalue weighted by molar-refractivity contribution is 5.90. The summed E-state index contributed by atoms with van der Waals surface area (Å²) < 4.78 is 39.1. The van der Waals surface area contributed by atoms with Crippen LogP contribution in [0.15, 0.2) is 30.3 Å². The Kier molecular flexibility index (Phi) is 42.2. The van der Waals surface area contributed by atoms with E-state index in [2.05, 4.69) is 48.9 Å². The van der Waals surface area contributed by atoms with Crippen LogP contribution in [-0.4, -0.2) is 161 Å². The van der Waals surface area contributed by atoms with Crippen molar-refractivity contribution in [3.63, 3.8) is 0 Å². The SMILES string of the molecule is C.CC.CC(C)(F)F.CCC.CCC(C)C(C(CC(=O)N1CCCC1C(OC)C(C)C(=O)NCC(=O)NCCCOC(=O)C(C)(C)CCN)OC)N(C)C(=O)C(C)NC(=O)C(C(C)C)N(C)C.Cc1ccccc1. The number of rotatable bonds is 25. The van der Waals surface area contributed by atoms with E-state index in [4.69, 9.17) is 19.9 Å². The van der Waals surface area contributed by atoms with Crippen LogP contribution in [0.1, 0.15) is 155 Å². The van der Waals surface area contributed by atoms with Crippen LogP contribution in [0.25, 0.3) is 0 Å². The average molecular weight is 1060 g/mol. The third kappa shape index (κ3) is 30.9. The highest BCUT2D eigenvalue weighted by Gasteiger charge is 2.42. The Balaban J connectivity index is -0.00000116. The number of likely N-dealkylation sites (tertiary alicyclic amines) is 1. The second-order valence-corrected chi connectivity index (χ2v) is 20.1. The van der Waals surface area contributed by atoms with E-state index < -0.39 is 47.6 Å². The fourth-order valence-electron chi connectivity index (χ4n) is 8.15. The van der Waals surface area contributed by atoms with E-state index in [-0.39, 0.29) is 86.9 Å². The zero-order chi connectivity index (χ0) is 57.2. The van der Waals surface area contributed by atoms with Crippen LogP contribution in [0.4, 0.5) is 8.78 Å². The van der Waals surface area contributed by atoms with Crippen molar-refractivity contribution in [3.05, 3.63) is 35.9 Å². The number of alkyl halides is 2. The van der Waals surface area contributed by atoms with Crippen LogP contribution >= 0.6 is 0 Å². The zero-order valence-electron chi connectivity index (χ0n) is 48.9. The van der Waals surface area contributed by atoms with E-state index in [1.807, 2.05) is 78.7 Å².